The topological polar surface area (TPSA) is 52.7 Å². The maximum Gasteiger partial charge on any atom is 0.253 e. The Morgan fingerprint density at radius 2 is 2.00 bits per heavy atom. The molecule has 136 valence electrons. The lowest BCUT2D eigenvalue weighted by Crippen LogP contribution is -2.43. The van der Waals surface area contributed by atoms with E-state index in [4.69, 9.17) is 0 Å². The number of hydrogen-bond acceptors (Lipinski definition) is 4. The normalized spacial score (nSPS) is 21.7. The molecule has 3 rings (SSSR count). The van der Waals surface area contributed by atoms with Crippen LogP contribution >= 0.6 is 11.8 Å². The maximum atomic E-state index is 12.7. The van der Waals surface area contributed by atoms with Crippen LogP contribution in [0.3, 0.4) is 0 Å². The van der Waals surface area contributed by atoms with Gasteiger partial charge in [-0.15, -0.1) is 0 Å². The fourth-order valence-electron chi connectivity index (χ4n) is 3.42. The van der Waals surface area contributed by atoms with Crippen LogP contribution < -0.4 is 5.32 Å². The number of nitrogens with one attached hydrogen (secondary N) is 1. The van der Waals surface area contributed by atoms with Gasteiger partial charge < -0.3 is 15.1 Å². The van der Waals surface area contributed by atoms with E-state index < -0.39 is 0 Å². The van der Waals surface area contributed by atoms with Crippen LogP contribution in [0.5, 0.6) is 0 Å². The maximum absolute atomic E-state index is 12.7. The van der Waals surface area contributed by atoms with Gasteiger partial charge in [0, 0.05) is 62.3 Å². The van der Waals surface area contributed by atoms with Gasteiger partial charge in [0.2, 0.25) is 5.91 Å². The van der Waals surface area contributed by atoms with Crippen LogP contribution in [0.2, 0.25) is 0 Å². The first-order valence-electron chi connectivity index (χ1n) is 9.08. The highest BCUT2D eigenvalue weighted by Crippen LogP contribution is 2.14. The average molecular weight is 362 g/mol. The summed E-state index contributed by atoms with van der Waals surface area (Å²) in [6, 6.07) is 8.01. The zero-order valence-electron chi connectivity index (χ0n) is 14.9. The highest BCUT2D eigenvalue weighted by atomic mass is 32.2. The van der Waals surface area contributed by atoms with Crippen molar-refractivity contribution in [3.63, 3.8) is 0 Å². The number of carbonyl (C=O) groups excluding carboxylic acids is 2. The van der Waals surface area contributed by atoms with Crippen molar-refractivity contribution in [3.05, 3.63) is 35.4 Å². The second-order valence-corrected chi connectivity index (χ2v) is 7.98. The molecule has 1 aromatic carbocycles. The van der Waals surface area contributed by atoms with E-state index in [9.17, 15) is 9.59 Å². The van der Waals surface area contributed by atoms with Crippen molar-refractivity contribution < 1.29 is 9.59 Å². The molecule has 2 aliphatic heterocycles. The summed E-state index contributed by atoms with van der Waals surface area (Å²) in [4.78, 5) is 29.1. The zero-order chi connectivity index (χ0) is 17.6. The van der Waals surface area contributed by atoms with Crippen molar-refractivity contribution in [2.75, 3.05) is 44.2 Å². The minimum atomic E-state index is 0.0725. The molecule has 1 N–H and O–H groups in total. The highest BCUT2D eigenvalue weighted by Gasteiger charge is 2.25. The number of amides is 2. The number of carbonyl (C=O) groups is 2. The second-order valence-electron chi connectivity index (χ2n) is 6.83. The van der Waals surface area contributed by atoms with Crippen LogP contribution in [0, 0.1) is 6.92 Å². The van der Waals surface area contributed by atoms with Gasteiger partial charge in [0.15, 0.2) is 0 Å². The molecule has 0 aliphatic carbocycles. The van der Waals surface area contributed by atoms with E-state index in [1.54, 1.807) is 0 Å². The SMILES string of the molecule is Cc1cccc(C(=O)N2CCCN(C(=O)CC3CSCCN3)CC2)c1. The molecule has 2 amide bonds. The van der Waals surface area contributed by atoms with Gasteiger partial charge in [-0.25, -0.2) is 0 Å². The minimum Gasteiger partial charge on any atom is -0.341 e. The highest BCUT2D eigenvalue weighted by molar-refractivity contribution is 7.99. The van der Waals surface area contributed by atoms with Crippen molar-refractivity contribution >= 4 is 23.6 Å². The first-order chi connectivity index (χ1) is 12.1. The first kappa shape index (κ1) is 18.3. The molecule has 2 aliphatic rings. The van der Waals surface area contributed by atoms with E-state index in [2.05, 4.69) is 5.32 Å². The molecule has 2 heterocycles. The number of hydrogen-bond donors (Lipinski definition) is 1. The Balaban J connectivity index is 1.54. The van der Waals surface area contributed by atoms with Gasteiger partial charge in [-0.3, -0.25) is 9.59 Å². The molecule has 6 heteroatoms. The smallest absolute Gasteiger partial charge is 0.253 e. The minimum absolute atomic E-state index is 0.0725. The predicted octanol–water partition coefficient (Wildman–Crippen LogP) is 1.76. The van der Waals surface area contributed by atoms with Gasteiger partial charge in [-0.05, 0) is 25.5 Å². The molecule has 1 atom stereocenters. The summed E-state index contributed by atoms with van der Waals surface area (Å²) in [6.07, 6.45) is 1.41. The third kappa shape index (κ3) is 4.98. The lowest BCUT2D eigenvalue weighted by atomic mass is 10.1. The Morgan fingerprint density at radius 1 is 1.20 bits per heavy atom. The number of rotatable bonds is 3. The van der Waals surface area contributed by atoms with Crippen molar-refractivity contribution in [1.82, 2.24) is 15.1 Å². The Hall–Kier alpha value is -1.53. The summed E-state index contributed by atoms with van der Waals surface area (Å²) in [6.45, 7) is 5.70. The van der Waals surface area contributed by atoms with Crippen LogP contribution in [0.1, 0.15) is 28.8 Å². The van der Waals surface area contributed by atoms with Crippen LogP contribution in [0.4, 0.5) is 0 Å². The fourth-order valence-corrected chi connectivity index (χ4v) is 4.37. The number of thioether (sulfide) groups is 1. The van der Waals surface area contributed by atoms with Gasteiger partial charge >= 0.3 is 0 Å². The molecule has 0 radical (unpaired) electrons. The van der Waals surface area contributed by atoms with E-state index in [1.807, 2.05) is 52.8 Å². The zero-order valence-corrected chi connectivity index (χ0v) is 15.7. The van der Waals surface area contributed by atoms with Crippen LogP contribution in [0.15, 0.2) is 24.3 Å². The van der Waals surface area contributed by atoms with Crippen molar-refractivity contribution in [2.45, 2.75) is 25.8 Å². The Labute approximate surface area is 154 Å². The molecule has 1 aromatic rings. The average Bonchev–Trinajstić information content (AvgIpc) is 2.88. The first-order valence-corrected chi connectivity index (χ1v) is 10.2. The third-order valence-corrected chi connectivity index (χ3v) is 5.95. The fraction of sp³-hybridized carbons (Fsp3) is 0.579. The van der Waals surface area contributed by atoms with Gasteiger partial charge in [0.05, 0.1) is 0 Å². The van der Waals surface area contributed by atoms with Gasteiger partial charge in [-0.2, -0.15) is 11.8 Å². The molecule has 0 spiro atoms. The summed E-state index contributed by atoms with van der Waals surface area (Å²) >= 11 is 1.91. The number of benzene rings is 1. The molecule has 0 aromatic heterocycles. The second kappa shape index (κ2) is 8.72. The Kier molecular flexibility index (Phi) is 6.37. The largest absolute Gasteiger partial charge is 0.341 e. The summed E-state index contributed by atoms with van der Waals surface area (Å²) in [7, 11) is 0. The summed E-state index contributed by atoms with van der Waals surface area (Å²) < 4.78 is 0. The van der Waals surface area contributed by atoms with Crippen LogP contribution in [0.25, 0.3) is 0 Å². The van der Waals surface area contributed by atoms with Gasteiger partial charge in [-0.1, -0.05) is 17.7 Å². The molecule has 2 fully saturated rings. The van der Waals surface area contributed by atoms with E-state index >= 15 is 0 Å². The van der Waals surface area contributed by atoms with Crippen LogP contribution in [-0.2, 0) is 4.79 Å². The van der Waals surface area contributed by atoms with Crippen molar-refractivity contribution in [3.8, 4) is 0 Å². The van der Waals surface area contributed by atoms with Gasteiger partial charge in [0.1, 0.15) is 0 Å². The van der Waals surface area contributed by atoms with Crippen molar-refractivity contribution in [1.29, 1.82) is 0 Å². The Morgan fingerprint density at radius 3 is 2.76 bits per heavy atom. The lowest BCUT2D eigenvalue weighted by Gasteiger charge is -2.27. The van der Waals surface area contributed by atoms with Gasteiger partial charge in [0.25, 0.3) is 5.91 Å². The molecular formula is C19H27N3O2S. The summed E-state index contributed by atoms with van der Waals surface area (Å²) in [5, 5.41) is 3.43. The summed E-state index contributed by atoms with van der Waals surface area (Å²) in [5.41, 5.74) is 1.83. The molecule has 2 saturated heterocycles. The molecular weight excluding hydrogens is 334 g/mol. The molecule has 0 saturated carbocycles. The molecule has 5 nitrogen and oxygen atoms in total. The van der Waals surface area contributed by atoms with E-state index in [-0.39, 0.29) is 11.8 Å². The number of nitrogens with zero attached hydrogens (tertiary/aromatic N) is 2. The third-order valence-electron chi connectivity index (χ3n) is 4.82. The standard InChI is InChI=1S/C19H27N3O2S/c1-15-4-2-5-16(12-15)19(24)22-8-3-7-21(9-10-22)18(23)13-17-14-25-11-6-20-17/h2,4-5,12,17,20H,3,6-11,13-14H2,1H3. The molecule has 25 heavy (non-hydrogen) atoms. The predicted molar refractivity (Wildman–Crippen MR) is 102 cm³/mol. The number of aryl methyl sites for hydroxylation is 1. The van der Waals surface area contributed by atoms with E-state index in [0.717, 1.165) is 42.1 Å². The molecule has 0 bridgehead atoms. The quantitative estimate of drug-likeness (QED) is 0.891. The van der Waals surface area contributed by atoms with E-state index in [0.29, 0.717) is 32.1 Å². The van der Waals surface area contributed by atoms with Crippen LogP contribution in [-0.4, -0.2) is 71.9 Å². The van der Waals surface area contributed by atoms with Crippen molar-refractivity contribution in [2.24, 2.45) is 0 Å². The summed E-state index contributed by atoms with van der Waals surface area (Å²) in [5.74, 6) is 2.43. The molecule has 1 unspecified atom stereocenters. The monoisotopic (exact) mass is 361 g/mol. The lowest BCUT2D eigenvalue weighted by molar-refractivity contribution is -0.131. The Bertz CT molecular complexity index is 616. The van der Waals surface area contributed by atoms with E-state index in [1.165, 1.54) is 0 Å².